The van der Waals surface area contributed by atoms with Gasteiger partial charge >= 0.3 is 0 Å². The number of thiazole rings is 1. The van der Waals surface area contributed by atoms with Crippen molar-refractivity contribution in [1.82, 2.24) is 15.3 Å². The van der Waals surface area contributed by atoms with Crippen LogP contribution in [0.25, 0.3) is 10.7 Å². The summed E-state index contributed by atoms with van der Waals surface area (Å²) in [4.78, 5) is 10.0. The maximum atomic E-state index is 13.8. The van der Waals surface area contributed by atoms with Gasteiger partial charge in [0.1, 0.15) is 10.7 Å². The maximum absolute atomic E-state index is 13.8. The summed E-state index contributed by atoms with van der Waals surface area (Å²) < 4.78 is 13.8. The van der Waals surface area contributed by atoms with Crippen molar-refractivity contribution in [2.75, 3.05) is 0 Å². The van der Waals surface area contributed by atoms with Crippen LogP contribution in [-0.2, 0) is 6.54 Å². The Balaban J connectivity index is 1.93. The largest absolute Gasteiger partial charge is 0.310 e. The van der Waals surface area contributed by atoms with Crippen molar-refractivity contribution < 1.29 is 4.39 Å². The van der Waals surface area contributed by atoms with Crippen LogP contribution < -0.4 is 5.32 Å². The molecule has 3 nitrogen and oxygen atoms in total. The van der Waals surface area contributed by atoms with E-state index >= 15 is 0 Å². The second-order valence-electron chi connectivity index (χ2n) is 5.47. The second kappa shape index (κ2) is 5.58. The average molecular weight is 291 g/mol. The Morgan fingerprint density at radius 2 is 2.25 bits per heavy atom. The van der Waals surface area contributed by atoms with Crippen LogP contribution in [0.5, 0.6) is 0 Å². The third-order valence-electron chi connectivity index (χ3n) is 3.32. The molecule has 3 rings (SSSR count). The summed E-state index contributed by atoms with van der Waals surface area (Å²) in [5.74, 6) is 0.266. The molecule has 0 spiro atoms. The zero-order valence-corrected chi connectivity index (χ0v) is 12.5. The monoisotopic (exact) mass is 291 g/mol. The number of aromatic nitrogens is 2. The van der Waals surface area contributed by atoms with Gasteiger partial charge in [-0.05, 0) is 25.0 Å². The van der Waals surface area contributed by atoms with Gasteiger partial charge in [-0.2, -0.15) is 0 Å². The molecule has 5 heteroatoms. The van der Waals surface area contributed by atoms with Gasteiger partial charge in [0.25, 0.3) is 0 Å². The van der Waals surface area contributed by atoms with Crippen LogP contribution in [0.2, 0.25) is 0 Å². The van der Waals surface area contributed by atoms with Crippen molar-refractivity contribution in [3.8, 4) is 10.7 Å². The van der Waals surface area contributed by atoms with Crippen LogP contribution in [0, 0.1) is 5.82 Å². The molecule has 1 aliphatic carbocycles. The molecule has 0 radical (unpaired) electrons. The molecule has 0 unspecified atom stereocenters. The molecular weight excluding hydrogens is 273 g/mol. The van der Waals surface area contributed by atoms with Gasteiger partial charge in [0.2, 0.25) is 0 Å². The Bertz CT molecular complexity index is 605. The van der Waals surface area contributed by atoms with E-state index in [0.717, 1.165) is 12.2 Å². The van der Waals surface area contributed by atoms with Gasteiger partial charge in [0.15, 0.2) is 5.82 Å². The lowest BCUT2D eigenvalue weighted by Crippen LogP contribution is -2.21. The van der Waals surface area contributed by atoms with E-state index in [1.807, 2.05) is 0 Å². The molecule has 2 heterocycles. The van der Waals surface area contributed by atoms with Crippen LogP contribution in [0.3, 0.4) is 0 Å². The average Bonchev–Trinajstić information content (AvgIpc) is 3.18. The summed E-state index contributed by atoms with van der Waals surface area (Å²) in [5.41, 5.74) is 1.51. The smallest absolute Gasteiger partial charge is 0.151 e. The molecule has 0 saturated heterocycles. The van der Waals surface area contributed by atoms with E-state index in [9.17, 15) is 4.39 Å². The summed E-state index contributed by atoms with van der Waals surface area (Å²) in [6.07, 6.45) is 4.01. The molecule has 1 N–H and O–H groups in total. The Hall–Kier alpha value is -1.33. The molecule has 1 aliphatic rings. The summed E-state index contributed by atoms with van der Waals surface area (Å²) in [7, 11) is 0. The Labute approximate surface area is 122 Å². The van der Waals surface area contributed by atoms with Gasteiger partial charge in [-0.15, -0.1) is 11.3 Å². The Kier molecular flexibility index (Phi) is 3.81. The first kappa shape index (κ1) is 13.6. The fourth-order valence-corrected chi connectivity index (χ4v) is 3.20. The molecule has 0 amide bonds. The minimum Gasteiger partial charge on any atom is -0.310 e. The van der Waals surface area contributed by atoms with Gasteiger partial charge in [0.05, 0.1) is 5.69 Å². The predicted octanol–water partition coefficient (Wildman–Crippen LogP) is 3.72. The molecule has 0 bridgehead atoms. The highest BCUT2D eigenvalue weighted by atomic mass is 32.1. The standard InChI is InChI=1S/C15H18FN3S/c1-9(2)18-8-12-13(10-5-6-10)19-15(20-12)14-11(16)4-3-7-17-14/h3-4,7,9-10,18H,5-6,8H2,1-2H3. The number of nitrogens with one attached hydrogen (secondary N) is 1. The third kappa shape index (κ3) is 2.88. The predicted molar refractivity (Wildman–Crippen MR) is 79.3 cm³/mol. The van der Waals surface area contributed by atoms with Gasteiger partial charge < -0.3 is 5.32 Å². The number of pyridine rings is 1. The highest BCUT2D eigenvalue weighted by Gasteiger charge is 2.30. The van der Waals surface area contributed by atoms with Crippen LogP contribution >= 0.6 is 11.3 Å². The minimum atomic E-state index is -0.299. The highest BCUT2D eigenvalue weighted by molar-refractivity contribution is 7.15. The van der Waals surface area contributed by atoms with E-state index in [4.69, 9.17) is 0 Å². The zero-order chi connectivity index (χ0) is 14.1. The highest BCUT2D eigenvalue weighted by Crippen LogP contribution is 2.44. The summed E-state index contributed by atoms with van der Waals surface area (Å²) in [6, 6.07) is 3.47. The first-order valence-electron chi connectivity index (χ1n) is 6.99. The lowest BCUT2D eigenvalue weighted by molar-refractivity contribution is 0.590. The maximum Gasteiger partial charge on any atom is 0.151 e. The number of nitrogens with zero attached hydrogens (tertiary/aromatic N) is 2. The lowest BCUT2D eigenvalue weighted by Gasteiger charge is -2.07. The van der Waals surface area contributed by atoms with Crippen molar-refractivity contribution in [3.05, 3.63) is 34.7 Å². The van der Waals surface area contributed by atoms with Crippen LogP contribution in [0.4, 0.5) is 4.39 Å². The third-order valence-corrected chi connectivity index (χ3v) is 4.40. The number of hydrogen-bond donors (Lipinski definition) is 1. The van der Waals surface area contributed by atoms with Gasteiger partial charge in [-0.3, -0.25) is 4.98 Å². The normalized spacial score (nSPS) is 15.0. The van der Waals surface area contributed by atoms with Crippen molar-refractivity contribution >= 4 is 11.3 Å². The van der Waals surface area contributed by atoms with E-state index in [1.165, 1.54) is 23.8 Å². The molecule has 20 heavy (non-hydrogen) atoms. The molecule has 106 valence electrons. The summed E-state index contributed by atoms with van der Waals surface area (Å²) in [6.45, 7) is 5.05. The summed E-state index contributed by atoms with van der Waals surface area (Å²) in [5, 5.41) is 4.12. The minimum absolute atomic E-state index is 0.299. The number of hydrogen-bond acceptors (Lipinski definition) is 4. The summed E-state index contributed by atoms with van der Waals surface area (Å²) >= 11 is 1.56. The number of rotatable bonds is 5. The first-order chi connectivity index (χ1) is 9.65. The van der Waals surface area contributed by atoms with E-state index in [2.05, 4.69) is 29.1 Å². The van der Waals surface area contributed by atoms with Crippen molar-refractivity contribution in [2.24, 2.45) is 0 Å². The molecule has 0 aliphatic heterocycles. The van der Waals surface area contributed by atoms with Crippen molar-refractivity contribution in [2.45, 2.75) is 45.2 Å². The molecule has 1 saturated carbocycles. The van der Waals surface area contributed by atoms with Crippen molar-refractivity contribution in [3.63, 3.8) is 0 Å². The van der Waals surface area contributed by atoms with Crippen LogP contribution in [-0.4, -0.2) is 16.0 Å². The van der Waals surface area contributed by atoms with Crippen LogP contribution in [0.1, 0.15) is 43.2 Å². The molecule has 2 aromatic heterocycles. The topological polar surface area (TPSA) is 37.8 Å². The first-order valence-corrected chi connectivity index (χ1v) is 7.80. The lowest BCUT2D eigenvalue weighted by atomic mass is 10.2. The zero-order valence-electron chi connectivity index (χ0n) is 11.7. The van der Waals surface area contributed by atoms with Gasteiger partial charge in [-0.25, -0.2) is 9.37 Å². The van der Waals surface area contributed by atoms with Crippen molar-refractivity contribution in [1.29, 1.82) is 0 Å². The SMILES string of the molecule is CC(C)NCc1sc(-c2ncccc2F)nc1C1CC1. The molecule has 2 aromatic rings. The van der Waals surface area contributed by atoms with E-state index < -0.39 is 0 Å². The molecule has 0 aromatic carbocycles. The van der Waals surface area contributed by atoms with E-state index in [-0.39, 0.29) is 5.82 Å². The van der Waals surface area contributed by atoms with Crippen LogP contribution in [0.15, 0.2) is 18.3 Å². The molecular formula is C15H18FN3S. The molecule has 1 fully saturated rings. The van der Waals surface area contributed by atoms with E-state index in [0.29, 0.717) is 22.7 Å². The quantitative estimate of drug-likeness (QED) is 0.912. The molecule has 0 atom stereocenters. The van der Waals surface area contributed by atoms with E-state index in [1.54, 1.807) is 23.6 Å². The fraction of sp³-hybridized carbons (Fsp3) is 0.467. The Morgan fingerprint density at radius 3 is 2.90 bits per heavy atom. The number of halogens is 1. The van der Waals surface area contributed by atoms with Gasteiger partial charge in [-0.1, -0.05) is 13.8 Å². The Morgan fingerprint density at radius 1 is 1.45 bits per heavy atom. The van der Waals surface area contributed by atoms with Gasteiger partial charge in [0, 0.05) is 29.6 Å². The second-order valence-corrected chi connectivity index (χ2v) is 6.55. The fourth-order valence-electron chi connectivity index (χ4n) is 2.11.